The van der Waals surface area contributed by atoms with Crippen LogP contribution in [0.5, 0.6) is 0 Å². The Balaban J connectivity index is 2.83. The molecule has 14 heteroatoms. The second kappa shape index (κ2) is 12.0. The Morgan fingerprint density at radius 3 is 2.07 bits per heavy atom. The average Bonchev–Trinajstić information content (AvgIpc) is 2.70. The molecule has 1 aliphatic rings. The second-order valence-corrected chi connectivity index (χ2v) is 6.75. The highest BCUT2D eigenvalue weighted by molar-refractivity contribution is 4.97. The highest BCUT2D eigenvalue weighted by Gasteiger charge is 2.46. The fourth-order valence-corrected chi connectivity index (χ4v) is 2.63. The number of aliphatic hydroxyl groups is 11. The van der Waals surface area contributed by atoms with Crippen molar-refractivity contribution >= 4 is 0 Å². The number of aliphatic hydroxyl groups excluding tert-OH is 10. The molecule has 30 heavy (non-hydrogen) atoms. The van der Waals surface area contributed by atoms with Crippen LogP contribution in [0.2, 0.25) is 0 Å². The van der Waals surface area contributed by atoms with E-state index in [1.165, 1.54) is 0 Å². The summed E-state index contributed by atoms with van der Waals surface area (Å²) in [7, 11) is 0. The van der Waals surface area contributed by atoms with Crippen molar-refractivity contribution in [3.63, 3.8) is 0 Å². The van der Waals surface area contributed by atoms with Crippen molar-refractivity contribution < 1.29 is 70.4 Å². The summed E-state index contributed by atoms with van der Waals surface area (Å²) in [5, 5.41) is 105. The van der Waals surface area contributed by atoms with Gasteiger partial charge in [0.05, 0.1) is 19.3 Å². The Labute approximate surface area is 171 Å². The molecule has 0 aliphatic carbocycles. The predicted octanol–water partition coefficient (Wildman–Crippen LogP) is -4.72. The summed E-state index contributed by atoms with van der Waals surface area (Å²) >= 11 is 0. The van der Waals surface area contributed by atoms with Gasteiger partial charge in [-0.05, 0) is 13.3 Å². The lowest BCUT2D eigenvalue weighted by molar-refractivity contribution is -0.331. The first-order chi connectivity index (χ1) is 13.9. The Hall–Kier alpha value is -1.14. The van der Waals surface area contributed by atoms with E-state index in [1.807, 2.05) is 0 Å². The molecule has 0 bridgehead atoms. The van der Waals surface area contributed by atoms with E-state index in [9.17, 15) is 51.1 Å². The van der Waals surface area contributed by atoms with Crippen LogP contribution in [0, 0.1) is 0 Å². The standard InChI is InChI=1S/C16H30O14/c1-5(18)8(20)15(27)28-3-2-6(19)13(12(24)14(25)26)30-16-11(23)10(22)9(21)7(4-17)29-16/h6-7,9-27H,2-4H2,1H3/b8-5-. The highest BCUT2D eigenvalue weighted by Crippen LogP contribution is 2.25. The van der Waals surface area contributed by atoms with Crippen LogP contribution in [0.4, 0.5) is 0 Å². The summed E-state index contributed by atoms with van der Waals surface area (Å²) in [6.07, 6.45) is -18.9. The van der Waals surface area contributed by atoms with Crippen LogP contribution in [0.1, 0.15) is 13.3 Å². The van der Waals surface area contributed by atoms with Crippen molar-refractivity contribution in [1.29, 1.82) is 0 Å². The van der Waals surface area contributed by atoms with Gasteiger partial charge in [-0.1, -0.05) is 0 Å². The zero-order chi connectivity index (χ0) is 23.2. The van der Waals surface area contributed by atoms with Gasteiger partial charge in [-0.25, -0.2) is 0 Å². The van der Waals surface area contributed by atoms with Crippen LogP contribution in [-0.4, -0.2) is 131 Å². The van der Waals surface area contributed by atoms with Gasteiger partial charge in [-0.15, -0.1) is 0 Å². The first kappa shape index (κ1) is 26.9. The topological polar surface area (TPSA) is 250 Å². The minimum atomic E-state index is -2.40. The maximum absolute atomic E-state index is 10.3. The Kier molecular flexibility index (Phi) is 10.8. The molecule has 1 fully saturated rings. The second-order valence-electron chi connectivity index (χ2n) is 6.75. The van der Waals surface area contributed by atoms with Crippen LogP contribution < -0.4 is 0 Å². The minimum absolute atomic E-state index is 0.416. The number of hydrogen-bond donors (Lipinski definition) is 11. The quantitative estimate of drug-likeness (QED) is 0.105. The lowest BCUT2D eigenvalue weighted by Gasteiger charge is -2.42. The van der Waals surface area contributed by atoms with E-state index >= 15 is 0 Å². The maximum Gasteiger partial charge on any atom is 0.217 e. The molecule has 0 amide bonds. The zero-order valence-electron chi connectivity index (χ0n) is 16.0. The first-order valence-electron chi connectivity index (χ1n) is 8.98. The molecule has 0 aromatic rings. The van der Waals surface area contributed by atoms with E-state index in [4.69, 9.17) is 19.3 Å². The van der Waals surface area contributed by atoms with Crippen LogP contribution in [0.25, 0.3) is 0 Å². The Morgan fingerprint density at radius 2 is 1.57 bits per heavy atom. The normalized spacial score (nSPS) is 32.4. The van der Waals surface area contributed by atoms with Crippen molar-refractivity contribution in [2.45, 2.75) is 74.9 Å². The first-order valence-corrected chi connectivity index (χ1v) is 8.98. The molecule has 178 valence electrons. The molecule has 1 heterocycles. The summed E-state index contributed by atoms with van der Waals surface area (Å²) in [6.45, 7) is -0.154. The van der Waals surface area contributed by atoms with Gasteiger partial charge < -0.3 is 70.4 Å². The molecule has 0 spiro atoms. The van der Waals surface area contributed by atoms with Gasteiger partial charge in [0, 0.05) is 0 Å². The zero-order valence-corrected chi connectivity index (χ0v) is 16.0. The van der Waals surface area contributed by atoms with E-state index in [-0.39, 0.29) is 0 Å². The van der Waals surface area contributed by atoms with Gasteiger partial charge >= 0.3 is 0 Å². The van der Waals surface area contributed by atoms with Crippen molar-refractivity contribution in [2.75, 3.05) is 13.2 Å². The average molecular weight is 446 g/mol. The summed E-state index contributed by atoms with van der Waals surface area (Å²) in [6, 6.07) is 0. The van der Waals surface area contributed by atoms with Crippen molar-refractivity contribution in [2.24, 2.45) is 0 Å². The van der Waals surface area contributed by atoms with E-state index in [1.54, 1.807) is 0 Å². The van der Waals surface area contributed by atoms with Gasteiger partial charge in [0.25, 0.3) is 0 Å². The molecule has 9 atom stereocenters. The Bertz CT molecular complexity index is 536. The van der Waals surface area contributed by atoms with Crippen molar-refractivity contribution in [3.05, 3.63) is 11.5 Å². The van der Waals surface area contributed by atoms with E-state index in [0.717, 1.165) is 6.92 Å². The van der Waals surface area contributed by atoms with Gasteiger partial charge in [0.2, 0.25) is 6.29 Å². The SMILES string of the molecule is C/C(O)=C(/O)C(O)OCCC(O)C(OC1OC(CO)C(O)C(O)C1O)C(O)C(O)O. The van der Waals surface area contributed by atoms with Gasteiger partial charge in [0.1, 0.15) is 42.4 Å². The molecular formula is C16H30O14. The molecule has 1 rings (SSSR count). The fraction of sp³-hybridized carbons (Fsp3) is 0.875. The van der Waals surface area contributed by atoms with E-state index in [2.05, 4.69) is 0 Å². The van der Waals surface area contributed by atoms with E-state index < -0.39 is 92.8 Å². The molecule has 1 aliphatic heterocycles. The number of allylic oxidation sites excluding steroid dienone is 1. The largest absolute Gasteiger partial charge is 0.509 e. The molecule has 14 nitrogen and oxygen atoms in total. The molecule has 11 N–H and O–H groups in total. The smallest absolute Gasteiger partial charge is 0.217 e. The summed E-state index contributed by atoms with van der Waals surface area (Å²) in [5.41, 5.74) is 0. The molecule has 0 radical (unpaired) electrons. The maximum atomic E-state index is 10.3. The van der Waals surface area contributed by atoms with Crippen LogP contribution >= 0.6 is 0 Å². The lowest BCUT2D eigenvalue weighted by Crippen LogP contribution is -2.61. The summed E-state index contributed by atoms with van der Waals surface area (Å²) in [4.78, 5) is 0. The molecule has 9 unspecified atom stereocenters. The number of rotatable bonds is 11. The summed E-state index contributed by atoms with van der Waals surface area (Å²) in [5.74, 6) is -1.48. The van der Waals surface area contributed by atoms with Gasteiger partial charge in [-0.2, -0.15) is 0 Å². The monoisotopic (exact) mass is 446 g/mol. The summed E-state index contributed by atoms with van der Waals surface area (Å²) < 4.78 is 15.1. The van der Waals surface area contributed by atoms with Crippen molar-refractivity contribution in [3.8, 4) is 0 Å². The molecule has 0 aromatic heterocycles. The number of ether oxygens (including phenoxy) is 3. The highest BCUT2D eigenvalue weighted by atomic mass is 16.7. The van der Waals surface area contributed by atoms with E-state index in [0.29, 0.717) is 0 Å². The van der Waals surface area contributed by atoms with Gasteiger partial charge in [-0.3, -0.25) is 0 Å². The third-order valence-electron chi connectivity index (χ3n) is 4.45. The molecule has 0 saturated carbocycles. The third-order valence-corrected chi connectivity index (χ3v) is 4.45. The Morgan fingerprint density at radius 1 is 0.967 bits per heavy atom. The van der Waals surface area contributed by atoms with Crippen LogP contribution in [0.15, 0.2) is 11.5 Å². The molecule has 0 aromatic carbocycles. The van der Waals surface area contributed by atoms with Crippen LogP contribution in [-0.2, 0) is 14.2 Å². The lowest BCUT2D eigenvalue weighted by atomic mass is 9.98. The fourth-order valence-electron chi connectivity index (χ4n) is 2.63. The van der Waals surface area contributed by atoms with Gasteiger partial charge in [0.15, 0.2) is 18.3 Å². The van der Waals surface area contributed by atoms with Crippen molar-refractivity contribution in [1.82, 2.24) is 0 Å². The van der Waals surface area contributed by atoms with Crippen LogP contribution in [0.3, 0.4) is 0 Å². The molecule has 1 saturated heterocycles. The number of hydrogen-bond acceptors (Lipinski definition) is 14. The predicted molar refractivity (Wildman–Crippen MR) is 93.4 cm³/mol. The minimum Gasteiger partial charge on any atom is -0.509 e. The molecular weight excluding hydrogens is 416 g/mol. The third kappa shape index (κ3) is 6.94.